The van der Waals surface area contributed by atoms with Gasteiger partial charge in [-0.3, -0.25) is 4.79 Å². The Morgan fingerprint density at radius 2 is 2.33 bits per heavy atom. The molecule has 15 heavy (non-hydrogen) atoms. The van der Waals surface area contributed by atoms with E-state index in [-0.39, 0.29) is 18.5 Å². The van der Waals surface area contributed by atoms with Crippen molar-refractivity contribution < 1.29 is 13.6 Å². The minimum absolute atomic E-state index is 0.257. The SMILES string of the molecule is Cn1cnc(C(=O)NC2CC(F)(F)C2)c1. The molecule has 82 valence electrons. The molecule has 1 aromatic heterocycles. The van der Waals surface area contributed by atoms with Crippen LogP contribution < -0.4 is 5.32 Å². The second kappa shape index (κ2) is 3.29. The van der Waals surface area contributed by atoms with E-state index in [0.29, 0.717) is 0 Å². The van der Waals surface area contributed by atoms with Gasteiger partial charge in [0.2, 0.25) is 0 Å². The number of nitrogens with one attached hydrogen (secondary N) is 1. The second-order valence-electron chi connectivity index (χ2n) is 3.86. The highest BCUT2D eigenvalue weighted by Crippen LogP contribution is 2.37. The highest BCUT2D eigenvalue weighted by Gasteiger charge is 2.46. The standard InChI is InChI=1S/C9H11F2N3O/c1-14-4-7(12-5-14)8(15)13-6-2-9(10,11)3-6/h4-6H,2-3H2,1H3,(H,13,15). The van der Waals surface area contributed by atoms with Crippen LogP contribution in [0.5, 0.6) is 0 Å². The lowest BCUT2D eigenvalue weighted by atomic mass is 9.88. The molecular weight excluding hydrogens is 204 g/mol. The summed E-state index contributed by atoms with van der Waals surface area (Å²) in [6.45, 7) is 0. The zero-order chi connectivity index (χ0) is 11.1. The smallest absolute Gasteiger partial charge is 0.271 e. The number of imidazole rings is 1. The normalized spacial score (nSPS) is 19.7. The van der Waals surface area contributed by atoms with Crippen molar-refractivity contribution in [3.63, 3.8) is 0 Å². The number of hydrogen-bond acceptors (Lipinski definition) is 2. The molecule has 1 aliphatic carbocycles. The summed E-state index contributed by atoms with van der Waals surface area (Å²) in [6.07, 6.45) is 2.49. The molecule has 0 bridgehead atoms. The molecule has 0 aliphatic heterocycles. The lowest BCUT2D eigenvalue weighted by Crippen LogP contribution is -2.50. The first-order chi connectivity index (χ1) is 6.96. The number of amides is 1. The molecule has 1 aliphatic rings. The molecule has 0 saturated heterocycles. The van der Waals surface area contributed by atoms with Gasteiger partial charge in [-0.15, -0.1) is 0 Å². The summed E-state index contributed by atoms with van der Waals surface area (Å²) in [6, 6.07) is -0.422. The lowest BCUT2D eigenvalue weighted by Gasteiger charge is -2.35. The third-order valence-corrected chi connectivity index (χ3v) is 2.36. The third kappa shape index (κ3) is 2.14. The van der Waals surface area contributed by atoms with Gasteiger partial charge in [-0.05, 0) is 0 Å². The van der Waals surface area contributed by atoms with Gasteiger partial charge in [0.05, 0.1) is 6.33 Å². The van der Waals surface area contributed by atoms with Crippen molar-refractivity contribution in [1.82, 2.24) is 14.9 Å². The maximum atomic E-state index is 12.5. The van der Waals surface area contributed by atoms with Crippen LogP contribution >= 0.6 is 0 Å². The Morgan fingerprint density at radius 3 is 2.80 bits per heavy atom. The van der Waals surface area contributed by atoms with E-state index in [9.17, 15) is 13.6 Å². The van der Waals surface area contributed by atoms with Gasteiger partial charge < -0.3 is 9.88 Å². The van der Waals surface area contributed by atoms with E-state index >= 15 is 0 Å². The molecule has 1 amide bonds. The van der Waals surface area contributed by atoms with Gasteiger partial charge in [0, 0.05) is 32.1 Å². The molecule has 0 radical (unpaired) electrons. The quantitative estimate of drug-likeness (QED) is 0.798. The Hall–Kier alpha value is -1.46. The summed E-state index contributed by atoms with van der Waals surface area (Å²) in [4.78, 5) is 15.3. The van der Waals surface area contributed by atoms with Gasteiger partial charge in [0.15, 0.2) is 0 Å². The van der Waals surface area contributed by atoms with Crippen LogP contribution in [0.25, 0.3) is 0 Å². The Balaban J connectivity index is 1.89. The van der Waals surface area contributed by atoms with Crippen LogP contribution in [0.2, 0.25) is 0 Å². The van der Waals surface area contributed by atoms with Crippen molar-refractivity contribution >= 4 is 5.91 Å². The van der Waals surface area contributed by atoms with E-state index in [1.165, 1.54) is 6.33 Å². The van der Waals surface area contributed by atoms with Crippen LogP contribution in [-0.2, 0) is 7.05 Å². The monoisotopic (exact) mass is 215 g/mol. The molecule has 0 spiro atoms. The fraction of sp³-hybridized carbons (Fsp3) is 0.556. The van der Waals surface area contributed by atoms with Crippen molar-refractivity contribution in [2.75, 3.05) is 0 Å². The minimum Gasteiger partial charge on any atom is -0.347 e. The molecule has 0 aromatic carbocycles. The minimum atomic E-state index is -2.61. The predicted molar refractivity (Wildman–Crippen MR) is 48.6 cm³/mol. The number of hydrogen-bond donors (Lipinski definition) is 1. The van der Waals surface area contributed by atoms with Crippen molar-refractivity contribution in [2.45, 2.75) is 24.8 Å². The Kier molecular flexibility index (Phi) is 2.21. The summed E-state index contributed by atoms with van der Waals surface area (Å²) in [5.74, 6) is -3.00. The molecular formula is C9H11F2N3O. The van der Waals surface area contributed by atoms with Gasteiger partial charge >= 0.3 is 0 Å². The second-order valence-corrected chi connectivity index (χ2v) is 3.86. The summed E-state index contributed by atoms with van der Waals surface area (Å²) in [5, 5.41) is 2.51. The average molecular weight is 215 g/mol. The Bertz CT molecular complexity index is 380. The molecule has 1 N–H and O–H groups in total. The maximum absolute atomic E-state index is 12.5. The van der Waals surface area contributed by atoms with Gasteiger partial charge in [0.25, 0.3) is 11.8 Å². The predicted octanol–water partition coefficient (Wildman–Crippen LogP) is 0.948. The first-order valence-corrected chi connectivity index (χ1v) is 4.63. The molecule has 1 heterocycles. The molecule has 0 atom stereocenters. The Morgan fingerprint density at radius 1 is 1.67 bits per heavy atom. The third-order valence-electron chi connectivity index (χ3n) is 2.36. The molecule has 1 aromatic rings. The highest BCUT2D eigenvalue weighted by molar-refractivity contribution is 5.92. The number of rotatable bonds is 2. The van der Waals surface area contributed by atoms with E-state index in [1.54, 1.807) is 17.8 Å². The molecule has 0 unspecified atom stereocenters. The number of aryl methyl sites for hydroxylation is 1. The fourth-order valence-corrected chi connectivity index (χ4v) is 1.55. The number of nitrogens with zero attached hydrogens (tertiary/aromatic N) is 2. The topological polar surface area (TPSA) is 46.9 Å². The van der Waals surface area contributed by atoms with Crippen molar-refractivity contribution in [3.05, 3.63) is 18.2 Å². The van der Waals surface area contributed by atoms with Gasteiger partial charge in [0.1, 0.15) is 5.69 Å². The molecule has 4 nitrogen and oxygen atoms in total. The summed E-state index contributed by atoms with van der Waals surface area (Å²) in [5.41, 5.74) is 0.257. The van der Waals surface area contributed by atoms with Crippen LogP contribution in [0.1, 0.15) is 23.3 Å². The van der Waals surface area contributed by atoms with Crippen molar-refractivity contribution in [2.24, 2.45) is 7.05 Å². The number of alkyl halides is 2. The van der Waals surface area contributed by atoms with Crippen LogP contribution in [0.3, 0.4) is 0 Å². The Labute approximate surface area is 85.3 Å². The number of aromatic nitrogens is 2. The van der Waals surface area contributed by atoms with Crippen LogP contribution in [0.15, 0.2) is 12.5 Å². The first kappa shape index (κ1) is 10.1. The summed E-state index contributed by atoms with van der Waals surface area (Å²) < 4.78 is 26.6. The van der Waals surface area contributed by atoms with E-state index in [2.05, 4.69) is 10.3 Å². The summed E-state index contributed by atoms with van der Waals surface area (Å²) in [7, 11) is 1.74. The summed E-state index contributed by atoms with van der Waals surface area (Å²) >= 11 is 0. The van der Waals surface area contributed by atoms with E-state index < -0.39 is 17.9 Å². The first-order valence-electron chi connectivity index (χ1n) is 4.63. The number of carbonyl (C=O) groups excluding carboxylic acids is 1. The molecule has 1 fully saturated rings. The van der Waals surface area contributed by atoms with Crippen LogP contribution in [0, 0.1) is 0 Å². The van der Waals surface area contributed by atoms with Gasteiger partial charge in [-0.1, -0.05) is 0 Å². The van der Waals surface area contributed by atoms with Gasteiger partial charge in [-0.2, -0.15) is 0 Å². The zero-order valence-electron chi connectivity index (χ0n) is 8.20. The highest BCUT2D eigenvalue weighted by atomic mass is 19.3. The number of carbonyl (C=O) groups is 1. The van der Waals surface area contributed by atoms with Crippen molar-refractivity contribution in [3.8, 4) is 0 Å². The lowest BCUT2D eigenvalue weighted by molar-refractivity contribution is -0.0901. The largest absolute Gasteiger partial charge is 0.347 e. The molecule has 2 rings (SSSR count). The zero-order valence-corrected chi connectivity index (χ0v) is 8.20. The van der Waals surface area contributed by atoms with E-state index in [0.717, 1.165) is 0 Å². The molecule has 1 saturated carbocycles. The van der Waals surface area contributed by atoms with Crippen molar-refractivity contribution in [1.29, 1.82) is 0 Å². The maximum Gasteiger partial charge on any atom is 0.271 e. The van der Waals surface area contributed by atoms with Crippen LogP contribution in [-0.4, -0.2) is 27.4 Å². The molecule has 6 heteroatoms. The number of halogens is 2. The van der Waals surface area contributed by atoms with E-state index in [4.69, 9.17) is 0 Å². The van der Waals surface area contributed by atoms with Gasteiger partial charge in [-0.25, -0.2) is 13.8 Å². The average Bonchev–Trinajstić information content (AvgIpc) is 2.48. The van der Waals surface area contributed by atoms with E-state index in [1.807, 2.05) is 0 Å². The fourth-order valence-electron chi connectivity index (χ4n) is 1.55. The van der Waals surface area contributed by atoms with Crippen LogP contribution in [0.4, 0.5) is 8.78 Å².